The molecule has 0 aliphatic rings. The highest BCUT2D eigenvalue weighted by molar-refractivity contribution is 9.10. The number of anilines is 2. The summed E-state index contributed by atoms with van der Waals surface area (Å²) in [6.07, 6.45) is 4.82. The topological polar surface area (TPSA) is 75.9 Å². The predicted molar refractivity (Wildman–Crippen MR) is 70.2 cm³/mol. The first-order valence-corrected chi connectivity index (χ1v) is 6.25. The fourth-order valence-electron chi connectivity index (χ4n) is 1.49. The molecule has 16 heavy (non-hydrogen) atoms. The van der Waals surface area contributed by atoms with Crippen molar-refractivity contribution >= 4 is 27.6 Å². The van der Waals surface area contributed by atoms with Gasteiger partial charge < -0.3 is 10.7 Å². The van der Waals surface area contributed by atoms with Crippen molar-refractivity contribution in [3.8, 4) is 0 Å². The predicted octanol–water partition coefficient (Wildman–Crippen LogP) is 2.52. The Morgan fingerprint density at radius 3 is 2.62 bits per heavy atom. The molecule has 1 heterocycles. The quantitative estimate of drug-likeness (QED) is 0.554. The number of nitrogens with zero attached hydrogens (tertiary/aromatic N) is 2. The first-order valence-electron chi connectivity index (χ1n) is 5.46. The van der Waals surface area contributed by atoms with Crippen LogP contribution < -0.4 is 16.6 Å². The van der Waals surface area contributed by atoms with E-state index in [1.165, 1.54) is 6.33 Å². The van der Waals surface area contributed by atoms with Crippen LogP contribution >= 0.6 is 15.9 Å². The van der Waals surface area contributed by atoms with Gasteiger partial charge in [0.25, 0.3) is 0 Å². The van der Waals surface area contributed by atoms with Gasteiger partial charge in [0.1, 0.15) is 16.6 Å². The molecule has 0 aliphatic carbocycles. The normalized spacial score (nSPS) is 12.2. The molecule has 4 N–H and O–H groups in total. The highest BCUT2D eigenvalue weighted by Crippen LogP contribution is 2.26. The highest BCUT2D eigenvalue weighted by atomic mass is 79.9. The molecule has 0 saturated heterocycles. The van der Waals surface area contributed by atoms with Gasteiger partial charge in [-0.1, -0.05) is 20.3 Å². The maximum Gasteiger partial charge on any atom is 0.159 e. The molecular formula is C10H18BrN5. The van der Waals surface area contributed by atoms with E-state index in [9.17, 15) is 0 Å². The van der Waals surface area contributed by atoms with Crippen LogP contribution in [0.3, 0.4) is 0 Å². The van der Waals surface area contributed by atoms with Gasteiger partial charge >= 0.3 is 0 Å². The zero-order chi connectivity index (χ0) is 12.0. The molecule has 5 nitrogen and oxygen atoms in total. The largest absolute Gasteiger partial charge is 0.366 e. The van der Waals surface area contributed by atoms with E-state index in [2.05, 4.69) is 50.5 Å². The van der Waals surface area contributed by atoms with Crippen molar-refractivity contribution in [2.75, 3.05) is 10.7 Å². The maximum absolute atomic E-state index is 5.34. The van der Waals surface area contributed by atoms with E-state index in [4.69, 9.17) is 5.84 Å². The number of hydrogen-bond donors (Lipinski definition) is 3. The number of aromatic nitrogens is 2. The van der Waals surface area contributed by atoms with Crippen molar-refractivity contribution in [1.82, 2.24) is 9.97 Å². The zero-order valence-electron chi connectivity index (χ0n) is 9.63. The Labute approximate surface area is 104 Å². The molecular weight excluding hydrogens is 270 g/mol. The summed E-state index contributed by atoms with van der Waals surface area (Å²) in [5.41, 5.74) is 2.52. The molecule has 1 unspecified atom stereocenters. The lowest BCUT2D eigenvalue weighted by molar-refractivity contribution is 0.620. The first kappa shape index (κ1) is 13.2. The van der Waals surface area contributed by atoms with Gasteiger partial charge in [0.2, 0.25) is 0 Å². The second-order valence-corrected chi connectivity index (χ2v) is 4.36. The summed E-state index contributed by atoms with van der Waals surface area (Å²) < 4.78 is 0.770. The summed E-state index contributed by atoms with van der Waals surface area (Å²) in [6.45, 7) is 4.33. The Morgan fingerprint density at radius 2 is 2.06 bits per heavy atom. The van der Waals surface area contributed by atoms with Crippen molar-refractivity contribution < 1.29 is 0 Å². The molecule has 0 saturated carbocycles. The SMILES string of the molecule is CCCC(CC)Nc1ncnc(NN)c1Br. The Balaban J connectivity index is 2.79. The summed E-state index contributed by atoms with van der Waals surface area (Å²) in [5.74, 6) is 6.71. The van der Waals surface area contributed by atoms with Crippen molar-refractivity contribution in [2.24, 2.45) is 5.84 Å². The Morgan fingerprint density at radius 1 is 1.38 bits per heavy atom. The highest BCUT2D eigenvalue weighted by Gasteiger charge is 2.11. The molecule has 1 rings (SSSR count). The van der Waals surface area contributed by atoms with E-state index in [0.717, 1.165) is 29.6 Å². The van der Waals surface area contributed by atoms with E-state index in [1.54, 1.807) is 0 Å². The molecule has 6 heteroatoms. The monoisotopic (exact) mass is 287 g/mol. The van der Waals surface area contributed by atoms with Gasteiger partial charge in [-0.25, -0.2) is 15.8 Å². The summed E-state index contributed by atoms with van der Waals surface area (Å²) in [4.78, 5) is 8.19. The van der Waals surface area contributed by atoms with Crippen LogP contribution in [0, 0.1) is 0 Å². The molecule has 0 amide bonds. The lowest BCUT2D eigenvalue weighted by Gasteiger charge is -2.18. The fraction of sp³-hybridized carbons (Fsp3) is 0.600. The molecule has 0 aromatic carbocycles. The minimum absolute atomic E-state index is 0.432. The van der Waals surface area contributed by atoms with Gasteiger partial charge in [-0.3, -0.25) is 0 Å². The number of nitrogen functional groups attached to an aromatic ring is 1. The van der Waals surface area contributed by atoms with Crippen LogP contribution in [-0.2, 0) is 0 Å². The van der Waals surface area contributed by atoms with Crippen LogP contribution in [0.15, 0.2) is 10.8 Å². The number of hydrogen-bond acceptors (Lipinski definition) is 5. The van der Waals surface area contributed by atoms with Crippen LogP contribution in [0.1, 0.15) is 33.1 Å². The van der Waals surface area contributed by atoms with Crippen molar-refractivity contribution in [3.05, 3.63) is 10.8 Å². The maximum atomic E-state index is 5.34. The third-order valence-corrected chi connectivity index (χ3v) is 3.15. The Hall–Kier alpha value is -0.880. The second-order valence-electron chi connectivity index (χ2n) is 3.57. The molecule has 0 radical (unpaired) electrons. The van der Waals surface area contributed by atoms with E-state index in [0.29, 0.717) is 11.9 Å². The number of nitrogens with two attached hydrogens (primary N) is 1. The lowest BCUT2D eigenvalue weighted by atomic mass is 10.1. The van der Waals surface area contributed by atoms with Gasteiger partial charge in [-0.05, 0) is 28.8 Å². The minimum Gasteiger partial charge on any atom is -0.366 e. The molecule has 0 bridgehead atoms. The second kappa shape index (κ2) is 6.65. The first-order chi connectivity index (χ1) is 7.72. The minimum atomic E-state index is 0.432. The molecule has 1 aromatic heterocycles. The number of rotatable bonds is 6. The average molecular weight is 288 g/mol. The van der Waals surface area contributed by atoms with E-state index in [1.807, 2.05) is 0 Å². The smallest absolute Gasteiger partial charge is 0.159 e. The molecule has 1 aromatic rings. The summed E-state index contributed by atoms with van der Waals surface area (Å²) in [6, 6.07) is 0.432. The van der Waals surface area contributed by atoms with Gasteiger partial charge in [0.15, 0.2) is 5.82 Å². The van der Waals surface area contributed by atoms with Crippen molar-refractivity contribution in [3.63, 3.8) is 0 Å². The summed E-state index contributed by atoms with van der Waals surface area (Å²) in [7, 11) is 0. The molecule has 0 aliphatic heterocycles. The molecule has 1 atom stereocenters. The van der Waals surface area contributed by atoms with Gasteiger partial charge in [-0.15, -0.1) is 0 Å². The van der Waals surface area contributed by atoms with Crippen LogP contribution in [0.25, 0.3) is 0 Å². The van der Waals surface area contributed by atoms with Crippen LogP contribution in [0.2, 0.25) is 0 Å². The van der Waals surface area contributed by atoms with Gasteiger partial charge in [0, 0.05) is 6.04 Å². The molecule has 90 valence electrons. The Bertz CT molecular complexity index is 331. The third-order valence-electron chi connectivity index (χ3n) is 2.40. The van der Waals surface area contributed by atoms with E-state index in [-0.39, 0.29) is 0 Å². The van der Waals surface area contributed by atoms with E-state index >= 15 is 0 Å². The van der Waals surface area contributed by atoms with Crippen molar-refractivity contribution in [1.29, 1.82) is 0 Å². The lowest BCUT2D eigenvalue weighted by Crippen LogP contribution is -2.20. The summed E-state index contributed by atoms with van der Waals surface area (Å²) in [5, 5.41) is 3.38. The third kappa shape index (κ3) is 3.31. The Kier molecular flexibility index (Phi) is 5.48. The van der Waals surface area contributed by atoms with Crippen molar-refractivity contribution in [2.45, 2.75) is 39.2 Å². The van der Waals surface area contributed by atoms with Gasteiger partial charge in [-0.2, -0.15) is 0 Å². The number of halogens is 1. The van der Waals surface area contributed by atoms with Crippen LogP contribution in [0.4, 0.5) is 11.6 Å². The average Bonchev–Trinajstić information content (AvgIpc) is 2.31. The molecule has 0 fully saturated rings. The number of nitrogens with one attached hydrogen (secondary N) is 2. The number of hydrazine groups is 1. The van der Waals surface area contributed by atoms with Crippen LogP contribution in [0.5, 0.6) is 0 Å². The molecule has 0 spiro atoms. The van der Waals surface area contributed by atoms with Gasteiger partial charge in [0.05, 0.1) is 0 Å². The standard InChI is InChI=1S/C10H18BrN5/c1-3-5-7(4-2)15-9-8(11)10(16-12)14-6-13-9/h6-7H,3-5,12H2,1-2H3,(H2,13,14,15,16). The summed E-state index contributed by atoms with van der Waals surface area (Å²) >= 11 is 3.42. The van der Waals surface area contributed by atoms with Crippen LogP contribution in [-0.4, -0.2) is 16.0 Å². The zero-order valence-corrected chi connectivity index (χ0v) is 11.2. The van der Waals surface area contributed by atoms with E-state index < -0.39 is 0 Å². The fourth-order valence-corrected chi connectivity index (χ4v) is 1.92.